The van der Waals surface area contributed by atoms with Gasteiger partial charge in [-0.3, -0.25) is 14.9 Å². The van der Waals surface area contributed by atoms with Crippen molar-refractivity contribution in [3.8, 4) is 22.9 Å². The Morgan fingerprint density at radius 2 is 1.87 bits per heavy atom. The minimum Gasteiger partial charge on any atom is -0.494 e. The fourth-order valence-corrected chi connectivity index (χ4v) is 2.86. The molecule has 3 rings (SSSR count). The van der Waals surface area contributed by atoms with Crippen molar-refractivity contribution < 1.29 is 19.2 Å². The van der Waals surface area contributed by atoms with Crippen molar-refractivity contribution in [1.82, 2.24) is 15.5 Å². The molecule has 0 aliphatic heterocycles. The van der Waals surface area contributed by atoms with Crippen LogP contribution in [0.2, 0.25) is 5.02 Å². The van der Waals surface area contributed by atoms with E-state index in [9.17, 15) is 14.9 Å². The van der Waals surface area contributed by atoms with Crippen LogP contribution >= 0.6 is 11.6 Å². The molecule has 9 nitrogen and oxygen atoms in total. The number of carbonyl (C=O) groups is 1. The molecule has 0 saturated heterocycles. The third-order valence-electron chi connectivity index (χ3n) is 4.14. The normalized spacial score (nSPS) is 10.4. The summed E-state index contributed by atoms with van der Waals surface area (Å²) in [6, 6.07) is 14.6. The molecule has 1 N–H and O–H groups in total. The van der Waals surface area contributed by atoms with Crippen LogP contribution < -0.4 is 14.8 Å². The molecule has 160 valence electrons. The van der Waals surface area contributed by atoms with Crippen LogP contribution in [-0.4, -0.2) is 40.8 Å². The molecule has 2 aromatic carbocycles. The number of halogens is 1. The Balaban J connectivity index is 1.50. The Morgan fingerprint density at radius 1 is 1.10 bits per heavy atom. The van der Waals surface area contributed by atoms with Crippen LogP contribution in [0.4, 0.5) is 5.69 Å². The number of hydrogen-bond donors (Lipinski definition) is 1. The number of aromatic nitrogens is 2. The van der Waals surface area contributed by atoms with E-state index in [1.54, 1.807) is 12.1 Å². The smallest absolute Gasteiger partial charge is 0.270 e. The van der Waals surface area contributed by atoms with Gasteiger partial charge in [-0.2, -0.15) is 0 Å². The molecule has 3 aromatic rings. The van der Waals surface area contributed by atoms with Crippen molar-refractivity contribution in [2.24, 2.45) is 0 Å². The van der Waals surface area contributed by atoms with Gasteiger partial charge in [-0.25, -0.2) is 0 Å². The standard InChI is InChI=1S/C21H19ClN4O5/c1-2-30-16-6-3-14(4-7-16)19-9-10-20(25-24-19)31-12-11-23-21(27)17-13-15(26(28)29)5-8-18(17)22/h3-10,13H,2,11-12H2,1H3,(H,23,27). The van der Waals surface area contributed by atoms with Gasteiger partial charge >= 0.3 is 0 Å². The first-order valence-corrected chi connectivity index (χ1v) is 9.77. The molecule has 0 aliphatic rings. The summed E-state index contributed by atoms with van der Waals surface area (Å²) in [7, 11) is 0. The molecule has 1 amide bonds. The van der Waals surface area contributed by atoms with E-state index < -0.39 is 10.8 Å². The molecule has 10 heteroatoms. The van der Waals surface area contributed by atoms with Gasteiger partial charge < -0.3 is 14.8 Å². The average molecular weight is 443 g/mol. The zero-order valence-corrected chi connectivity index (χ0v) is 17.3. The van der Waals surface area contributed by atoms with Crippen molar-refractivity contribution in [2.45, 2.75) is 6.92 Å². The largest absolute Gasteiger partial charge is 0.494 e. The van der Waals surface area contributed by atoms with Crippen LogP contribution in [0.5, 0.6) is 11.6 Å². The minimum atomic E-state index is -0.591. The highest BCUT2D eigenvalue weighted by molar-refractivity contribution is 6.33. The van der Waals surface area contributed by atoms with E-state index in [2.05, 4.69) is 15.5 Å². The zero-order valence-electron chi connectivity index (χ0n) is 16.6. The highest BCUT2D eigenvalue weighted by Crippen LogP contribution is 2.22. The van der Waals surface area contributed by atoms with Gasteiger partial charge in [0.05, 0.1) is 34.4 Å². The summed E-state index contributed by atoms with van der Waals surface area (Å²) in [6.07, 6.45) is 0. The van der Waals surface area contributed by atoms with Gasteiger partial charge in [0, 0.05) is 23.8 Å². The molecule has 0 aliphatic carbocycles. The number of amides is 1. The van der Waals surface area contributed by atoms with Gasteiger partial charge in [0.2, 0.25) is 5.88 Å². The summed E-state index contributed by atoms with van der Waals surface area (Å²) in [5, 5.41) is 21.7. The third kappa shape index (κ3) is 5.89. The molecule has 0 saturated carbocycles. The highest BCUT2D eigenvalue weighted by Gasteiger charge is 2.15. The number of non-ortho nitro benzene ring substituents is 1. The summed E-state index contributed by atoms with van der Waals surface area (Å²) in [6.45, 7) is 2.81. The van der Waals surface area contributed by atoms with Crippen LogP contribution in [0.25, 0.3) is 11.3 Å². The molecule has 31 heavy (non-hydrogen) atoms. The number of nitro benzene ring substituents is 1. The minimum absolute atomic E-state index is 0.0235. The van der Waals surface area contributed by atoms with Crippen molar-refractivity contribution >= 4 is 23.2 Å². The van der Waals surface area contributed by atoms with E-state index in [0.717, 1.165) is 17.4 Å². The number of rotatable bonds is 9. The third-order valence-corrected chi connectivity index (χ3v) is 4.47. The van der Waals surface area contributed by atoms with E-state index in [0.29, 0.717) is 18.2 Å². The lowest BCUT2D eigenvalue weighted by molar-refractivity contribution is -0.384. The fraction of sp³-hybridized carbons (Fsp3) is 0.190. The number of nitro groups is 1. The number of nitrogens with zero attached hydrogens (tertiary/aromatic N) is 3. The fourth-order valence-electron chi connectivity index (χ4n) is 2.66. The maximum atomic E-state index is 12.2. The summed E-state index contributed by atoms with van der Waals surface area (Å²) >= 11 is 5.95. The van der Waals surface area contributed by atoms with Crippen LogP contribution in [0.1, 0.15) is 17.3 Å². The van der Waals surface area contributed by atoms with E-state index >= 15 is 0 Å². The van der Waals surface area contributed by atoms with Gasteiger partial charge in [-0.05, 0) is 43.3 Å². The Hall–Kier alpha value is -3.72. The number of hydrogen-bond acceptors (Lipinski definition) is 7. The molecule has 1 heterocycles. The van der Waals surface area contributed by atoms with E-state index in [-0.39, 0.29) is 29.4 Å². The first-order chi connectivity index (χ1) is 15.0. The molecular weight excluding hydrogens is 424 g/mol. The first kappa shape index (κ1) is 22.0. The summed E-state index contributed by atoms with van der Waals surface area (Å²) in [4.78, 5) is 22.5. The molecule has 0 radical (unpaired) electrons. The second kappa shape index (κ2) is 10.4. The predicted octanol–water partition coefficient (Wildman–Crippen LogP) is 3.91. The molecule has 0 spiro atoms. The second-order valence-electron chi connectivity index (χ2n) is 6.24. The maximum absolute atomic E-state index is 12.2. The van der Waals surface area contributed by atoms with Gasteiger partial charge in [0.1, 0.15) is 12.4 Å². The van der Waals surface area contributed by atoms with Crippen LogP contribution in [0.3, 0.4) is 0 Å². The molecule has 0 atom stereocenters. The SMILES string of the molecule is CCOc1ccc(-c2ccc(OCCNC(=O)c3cc([N+](=O)[O-])ccc3Cl)nn2)cc1. The van der Waals surface area contributed by atoms with E-state index in [1.807, 2.05) is 31.2 Å². The van der Waals surface area contributed by atoms with Crippen molar-refractivity contribution in [3.05, 3.63) is 75.3 Å². The highest BCUT2D eigenvalue weighted by atomic mass is 35.5. The topological polar surface area (TPSA) is 116 Å². The average Bonchev–Trinajstić information content (AvgIpc) is 2.78. The monoisotopic (exact) mass is 442 g/mol. The summed E-state index contributed by atoms with van der Waals surface area (Å²) < 4.78 is 10.9. The lowest BCUT2D eigenvalue weighted by Crippen LogP contribution is -2.28. The molecule has 0 fully saturated rings. The lowest BCUT2D eigenvalue weighted by atomic mass is 10.1. The molecule has 0 bridgehead atoms. The van der Waals surface area contributed by atoms with Crippen LogP contribution in [0, 0.1) is 10.1 Å². The van der Waals surface area contributed by atoms with Gasteiger partial charge in [0.15, 0.2) is 0 Å². The van der Waals surface area contributed by atoms with E-state index in [4.69, 9.17) is 21.1 Å². The van der Waals surface area contributed by atoms with Crippen LogP contribution in [-0.2, 0) is 0 Å². The van der Waals surface area contributed by atoms with Gasteiger partial charge in [-0.1, -0.05) is 11.6 Å². The van der Waals surface area contributed by atoms with Gasteiger partial charge in [0.25, 0.3) is 11.6 Å². The molecule has 0 unspecified atom stereocenters. The summed E-state index contributed by atoms with van der Waals surface area (Å²) in [5.41, 5.74) is 1.39. The number of benzene rings is 2. The second-order valence-corrected chi connectivity index (χ2v) is 6.65. The Kier molecular flexibility index (Phi) is 7.34. The quantitative estimate of drug-likeness (QED) is 0.303. The molecular formula is C21H19ClN4O5. The number of carbonyl (C=O) groups excluding carboxylic acids is 1. The van der Waals surface area contributed by atoms with Crippen molar-refractivity contribution in [2.75, 3.05) is 19.8 Å². The Bertz CT molecular complexity index is 1060. The summed E-state index contributed by atoms with van der Waals surface area (Å²) in [5.74, 6) is 0.555. The Labute approximate surface area is 183 Å². The van der Waals surface area contributed by atoms with Crippen molar-refractivity contribution in [3.63, 3.8) is 0 Å². The number of nitrogens with one attached hydrogen (secondary N) is 1. The predicted molar refractivity (Wildman–Crippen MR) is 115 cm³/mol. The Morgan fingerprint density at radius 3 is 2.52 bits per heavy atom. The van der Waals surface area contributed by atoms with E-state index in [1.165, 1.54) is 12.1 Å². The van der Waals surface area contributed by atoms with Gasteiger partial charge in [-0.15, -0.1) is 10.2 Å². The van der Waals surface area contributed by atoms with Crippen molar-refractivity contribution in [1.29, 1.82) is 0 Å². The maximum Gasteiger partial charge on any atom is 0.270 e. The zero-order chi connectivity index (χ0) is 22.2. The lowest BCUT2D eigenvalue weighted by Gasteiger charge is -2.08. The number of ether oxygens (including phenoxy) is 2. The first-order valence-electron chi connectivity index (χ1n) is 9.40. The van der Waals surface area contributed by atoms with Crippen LogP contribution in [0.15, 0.2) is 54.6 Å². The molecule has 1 aromatic heterocycles.